The van der Waals surface area contributed by atoms with Crippen LogP contribution in [0.3, 0.4) is 0 Å². The standard InChI is InChI=1S/C16H16ClNO3S/c1-9-11(8-12(22-9)16-20-6-7-21-16)15-14-10(4-5-19-15)2-3-13(17)18-14/h2-3,8,15-16H,4-7H2,1H3. The van der Waals surface area contributed by atoms with Crippen molar-refractivity contribution < 1.29 is 14.2 Å². The molecule has 0 aromatic carbocycles. The van der Waals surface area contributed by atoms with Gasteiger partial charge in [0.1, 0.15) is 11.3 Å². The zero-order valence-electron chi connectivity index (χ0n) is 12.2. The highest BCUT2D eigenvalue weighted by molar-refractivity contribution is 7.12. The average molecular weight is 338 g/mol. The van der Waals surface area contributed by atoms with Crippen molar-refractivity contribution in [2.45, 2.75) is 25.7 Å². The van der Waals surface area contributed by atoms with Gasteiger partial charge in [-0.15, -0.1) is 11.3 Å². The number of aromatic nitrogens is 1. The Kier molecular flexibility index (Phi) is 3.92. The topological polar surface area (TPSA) is 40.6 Å². The highest BCUT2D eigenvalue weighted by atomic mass is 35.5. The van der Waals surface area contributed by atoms with Gasteiger partial charge in [-0.3, -0.25) is 0 Å². The molecule has 1 unspecified atom stereocenters. The third kappa shape index (κ3) is 2.57. The summed E-state index contributed by atoms with van der Waals surface area (Å²) in [6.45, 7) is 4.09. The Morgan fingerprint density at radius 3 is 2.82 bits per heavy atom. The molecule has 0 bridgehead atoms. The summed E-state index contributed by atoms with van der Waals surface area (Å²) in [5, 5.41) is 0.504. The van der Waals surface area contributed by atoms with Crippen LogP contribution >= 0.6 is 22.9 Å². The van der Waals surface area contributed by atoms with Crippen molar-refractivity contribution in [1.29, 1.82) is 0 Å². The molecule has 4 rings (SSSR count). The van der Waals surface area contributed by atoms with Crippen molar-refractivity contribution in [3.63, 3.8) is 0 Å². The van der Waals surface area contributed by atoms with Crippen LogP contribution in [-0.2, 0) is 20.6 Å². The first-order valence-electron chi connectivity index (χ1n) is 7.33. The number of hydrogen-bond donors (Lipinski definition) is 0. The SMILES string of the molecule is Cc1sc(C2OCCO2)cc1C1OCCc2ccc(Cl)nc21. The fraction of sp³-hybridized carbons (Fsp3) is 0.438. The maximum atomic E-state index is 6.07. The molecule has 4 heterocycles. The lowest BCUT2D eigenvalue weighted by Crippen LogP contribution is -2.19. The van der Waals surface area contributed by atoms with Gasteiger partial charge in [-0.25, -0.2) is 4.98 Å². The monoisotopic (exact) mass is 337 g/mol. The number of nitrogens with zero attached hydrogens (tertiary/aromatic N) is 1. The zero-order valence-corrected chi connectivity index (χ0v) is 13.7. The van der Waals surface area contributed by atoms with E-state index in [4.69, 9.17) is 25.8 Å². The van der Waals surface area contributed by atoms with Crippen LogP contribution in [0.25, 0.3) is 0 Å². The van der Waals surface area contributed by atoms with E-state index in [1.54, 1.807) is 11.3 Å². The molecule has 1 atom stereocenters. The number of halogens is 1. The van der Waals surface area contributed by atoms with Crippen LogP contribution in [0.15, 0.2) is 18.2 Å². The third-order valence-electron chi connectivity index (χ3n) is 3.99. The second kappa shape index (κ2) is 5.91. The number of aryl methyl sites for hydroxylation is 1. The van der Waals surface area contributed by atoms with Crippen LogP contribution in [0, 0.1) is 6.92 Å². The van der Waals surface area contributed by atoms with Gasteiger partial charge in [0.25, 0.3) is 0 Å². The summed E-state index contributed by atoms with van der Waals surface area (Å²) in [6.07, 6.45) is 0.475. The summed E-state index contributed by atoms with van der Waals surface area (Å²) in [4.78, 5) is 6.79. The maximum Gasteiger partial charge on any atom is 0.193 e. The highest BCUT2D eigenvalue weighted by Gasteiger charge is 2.29. The third-order valence-corrected chi connectivity index (χ3v) is 5.29. The number of hydrogen-bond acceptors (Lipinski definition) is 5. The fourth-order valence-corrected chi connectivity index (χ4v) is 4.15. The molecular formula is C16H16ClNO3S. The second-order valence-electron chi connectivity index (χ2n) is 5.41. The van der Waals surface area contributed by atoms with Gasteiger partial charge < -0.3 is 14.2 Å². The maximum absolute atomic E-state index is 6.07. The molecule has 1 saturated heterocycles. The predicted octanol–water partition coefficient (Wildman–Crippen LogP) is 3.81. The Morgan fingerprint density at radius 2 is 2.00 bits per heavy atom. The molecule has 2 aliphatic heterocycles. The van der Waals surface area contributed by atoms with Crippen molar-refractivity contribution in [2.24, 2.45) is 0 Å². The first-order chi connectivity index (χ1) is 10.7. The van der Waals surface area contributed by atoms with Crippen molar-refractivity contribution in [2.75, 3.05) is 19.8 Å². The smallest absolute Gasteiger partial charge is 0.193 e. The summed E-state index contributed by atoms with van der Waals surface area (Å²) in [5.74, 6) is 0. The molecule has 2 aliphatic rings. The molecule has 116 valence electrons. The lowest BCUT2D eigenvalue weighted by atomic mass is 9.98. The van der Waals surface area contributed by atoms with Crippen LogP contribution in [0.1, 0.15) is 39.0 Å². The minimum Gasteiger partial charge on any atom is -0.367 e. The number of thiophene rings is 1. The van der Waals surface area contributed by atoms with Crippen LogP contribution in [0.5, 0.6) is 0 Å². The van der Waals surface area contributed by atoms with Crippen molar-refractivity contribution >= 4 is 22.9 Å². The molecule has 0 amide bonds. The molecule has 1 fully saturated rings. The Bertz CT molecular complexity index is 697. The summed E-state index contributed by atoms with van der Waals surface area (Å²) in [6, 6.07) is 6.01. The van der Waals surface area contributed by atoms with E-state index >= 15 is 0 Å². The van der Waals surface area contributed by atoms with Gasteiger partial charge in [-0.05, 0) is 31.0 Å². The largest absolute Gasteiger partial charge is 0.367 e. The predicted molar refractivity (Wildman–Crippen MR) is 84.4 cm³/mol. The van der Waals surface area contributed by atoms with Gasteiger partial charge in [0, 0.05) is 10.4 Å². The fourth-order valence-electron chi connectivity index (χ4n) is 2.94. The van der Waals surface area contributed by atoms with E-state index in [0.717, 1.165) is 22.6 Å². The Hall–Kier alpha value is -0.980. The minimum atomic E-state index is -0.243. The van der Waals surface area contributed by atoms with Gasteiger partial charge in [-0.2, -0.15) is 0 Å². The van der Waals surface area contributed by atoms with Crippen LogP contribution in [0.2, 0.25) is 5.15 Å². The Balaban J connectivity index is 1.72. The summed E-state index contributed by atoms with van der Waals surface area (Å²) >= 11 is 7.77. The molecule has 0 saturated carbocycles. The molecule has 2 aromatic rings. The quantitative estimate of drug-likeness (QED) is 0.781. The van der Waals surface area contributed by atoms with E-state index in [9.17, 15) is 0 Å². The van der Waals surface area contributed by atoms with Gasteiger partial charge in [-0.1, -0.05) is 17.7 Å². The molecule has 22 heavy (non-hydrogen) atoms. The lowest BCUT2D eigenvalue weighted by Gasteiger charge is -2.25. The second-order valence-corrected chi connectivity index (χ2v) is 7.09. The van der Waals surface area contributed by atoms with E-state index in [1.165, 1.54) is 10.4 Å². The Morgan fingerprint density at radius 1 is 1.18 bits per heavy atom. The van der Waals surface area contributed by atoms with E-state index in [-0.39, 0.29) is 12.4 Å². The van der Waals surface area contributed by atoms with Crippen molar-refractivity contribution in [3.05, 3.63) is 49.9 Å². The summed E-state index contributed by atoms with van der Waals surface area (Å²) < 4.78 is 17.2. The van der Waals surface area contributed by atoms with Gasteiger partial charge >= 0.3 is 0 Å². The van der Waals surface area contributed by atoms with Gasteiger partial charge in [0.2, 0.25) is 0 Å². The number of rotatable bonds is 2. The molecular weight excluding hydrogens is 322 g/mol. The number of ether oxygens (including phenoxy) is 3. The number of pyridine rings is 1. The van der Waals surface area contributed by atoms with Crippen LogP contribution in [0.4, 0.5) is 0 Å². The molecule has 2 aromatic heterocycles. The van der Waals surface area contributed by atoms with Crippen LogP contribution < -0.4 is 0 Å². The zero-order chi connectivity index (χ0) is 15.1. The van der Waals surface area contributed by atoms with E-state index in [2.05, 4.69) is 18.0 Å². The van der Waals surface area contributed by atoms with Gasteiger partial charge in [0.05, 0.1) is 30.4 Å². The molecule has 4 nitrogen and oxygen atoms in total. The van der Waals surface area contributed by atoms with Crippen molar-refractivity contribution in [3.8, 4) is 0 Å². The lowest BCUT2D eigenvalue weighted by molar-refractivity contribution is -0.0414. The molecule has 0 radical (unpaired) electrons. The highest BCUT2D eigenvalue weighted by Crippen LogP contribution is 2.40. The average Bonchev–Trinajstić information content (AvgIpc) is 3.16. The molecule has 0 N–H and O–H groups in total. The molecule has 0 aliphatic carbocycles. The van der Waals surface area contributed by atoms with Gasteiger partial charge in [0.15, 0.2) is 6.29 Å². The van der Waals surface area contributed by atoms with Crippen LogP contribution in [-0.4, -0.2) is 24.8 Å². The Labute approximate surface area is 138 Å². The first-order valence-corrected chi connectivity index (χ1v) is 8.52. The van der Waals surface area contributed by atoms with E-state index in [0.29, 0.717) is 25.0 Å². The normalized spacial score (nSPS) is 22.0. The summed E-state index contributed by atoms with van der Waals surface area (Å²) in [7, 11) is 0. The molecule has 6 heteroatoms. The minimum absolute atomic E-state index is 0.158. The molecule has 0 spiro atoms. The van der Waals surface area contributed by atoms with E-state index < -0.39 is 0 Å². The van der Waals surface area contributed by atoms with E-state index in [1.807, 2.05) is 12.1 Å². The first kappa shape index (κ1) is 14.6. The summed E-state index contributed by atoms with van der Waals surface area (Å²) in [5.41, 5.74) is 3.27. The van der Waals surface area contributed by atoms with Crippen molar-refractivity contribution in [1.82, 2.24) is 4.98 Å². The number of fused-ring (bicyclic) bond motifs is 1.